The largest absolute Gasteiger partial charge is 0.451 e. The normalized spacial score (nSPS) is 16.7. The van der Waals surface area contributed by atoms with Crippen molar-refractivity contribution in [2.75, 3.05) is 13.1 Å². The maximum atomic E-state index is 12.7. The first-order valence-electron chi connectivity index (χ1n) is 6.33. The van der Waals surface area contributed by atoms with Crippen molar-refractivity contribution in [3.05, 3.63) is 11.6 Å². The fourth-order valence-corrected chi connectivity index (χ4v) is 1.94. The minimum Gasteiger partial charge on any atom is -0.370 e. The zero-order chi connectivity index (χ0) is 14.9. The van der Waals surface area contributed by atoms with Gasteiger partial charge in [0.05, 0.1) is 6.54 Å². The molecule has 6 nitrogen and oxygen atoms in total. The van der Waals surface area contributed by atoms with Gasteiger partial charge in [0.2, 0.25) is 5.82 Å². The van der Waals surface area contributed by atoms with Crippen molar-refractivity contribution in [3.8, 4) is 0 Å². The lowest BCUT2D eigenvalue weighted by Crippen LogP contribution is -2.43. The molecule has 1 aromatic heterocycles. The van der Waals surface area contributed by atoms with Crippen LogP contribution in [0.2, 0.25) is 0 Å². The lowest BCUT2D eigenvalue weighted by Gasteiger charge is -2.28. The summed E-state index contributed by atoms with van der Waals surface area (Å²) in [4.78, 5) is 5.93. The van der Waals surface area contributed by atoms with Crippen molar-refractivity contribution in [2.45, 2.75) is 33.1 Å². The zero-order valence-corrected chi connectivity index (χ0v) is 11.4. The van der Waals surface area contributed by atoms with E-state index in [1.807, 2.05) is 13.8 Å². The third-order valence-electron chi connectivity index (χ3n) is 2.95. The van der Waals surface area contributed by atoms with E-state index in [2.05, 4.69) is 15.2 Å². The molecule has 1 aromatic rings. The molecule has 2 N–H and O–H groups in total. The number of hydrogen-bond acceptors (Lipinski definition) is 3. The number of fused-ring (bicyclic) bond motifs is 1. The van der Waals surface area contributed by atoms with E-state index in [4.69, 9.17) is 5.73 Å². The second-order valence-corrected chi connectivity index (χ2v) is 5.10. The van der Waals surface area contributed by atoms with Gasteiger partial charge in [-0.2, -0.15) is 13.2 Å². The Morgan fingerprint density at radius 3 is 2.65 bits per heavy atom. The molecule has 2 heterocycles. The standard InChI is InChI=1S/C11H17F3N6/c1-7(2)5-16-10(15)19-3-4-20-8(6-19)17-18-9(20)11(12,13)14/h7H,3-6H2,1-2H3,(H2,15,16). The Labute approximate surface area is 114 Å². The number of nitrogens with two attached hydrogens (primary N) is 1. The molecule has 0 aromatic carbocycles. The maximum absolute atomic E-state index is 12.7. The molecule has 9 heteroatoms. The highest BCUT2D eigenvalue weighted by molar-refractivity contribution is 5.78. The first-order valence-corrected chi connectivity index (χ1v) is 6.33. The summed E-state index contributed by atoms with van der Waals surface area (Å²) in [5.74, 6) is 0.0106. The van der Waals surface area contributed by atoms with Crippen molar-refractivity contribution < 1.29 is 13.2 Å². The highest BCUT2D eigenvalue weighted by Crippen LogP contribution is 2.29. The molecule has 0 bridgehead atoms. The molecule has 0 spiro atoms. The van der Waals surface area contributed by atoms with Gasteiger partial charge in [0.1, 0.15) is 0 Å². The van der Waals surface area contributed by atoms with E-state index in [0.29, 0.717) is 25.0 Å². The number of alkyl halides is 3. The fraction of sp³-hybridized carbons (Fsp3) is 0.727. The van der Waals surface area contributed by atoms with E-state index in [9.17, 15) is 13.2 Å². The summed E-state index contributed by atoms with van der Waals surface area (Å²) in [5.41, 5.74) is 5.84. The lowest BCUT2D eigenvalue weighted by atomic mass is 10.2. The highest BCUT2D eigenvalue weighted by Gasteiger charge is 2.39. The van der Waals surface area contributed by atoms with Gasteiger partial charge >= 0.3 is 6.18 Å². The minimum atomic E-state index is -4.48. The Morgan fingerprint density at radius 1 is 1.35 bits per heavy atom. The third-order valence-corrected chi connectivity index (χ3v) is 2.95. The van der Waals surface area contributed by atoms with Gasteiger partial charge in [-0.1, -0.05) is 13.8 Å². The number of halogens is 3. The summed E-state index contributed by atoms with van der Waals surface area (Å²) in [6.45, 7) is 5.31. The van der Waals surface area contributed by atoms with Crippen molar-refractivity contribution >= 4 is 5.96 Å². The average Bonchev–Trinajstić information content (AvgIpc) is 2.78. The van der Waals surface area contributed by atoms with Crippen molar-refractivity contribution in [3.63, 3.8) is 0 Å². The minimum absolute atomic E-state index is 0.148. The SMILES string of the molecule is CC(C)CN=C(N)N1CCn2c(nnc2C(F)(F)F)C1. The molecule has 0 radical (unpaired) electrons. The van der Waals surface area contributed by atoms with Gasteiger partial charge in [0, 0.05) is 19.6 Å². The Bertz CT molecular complexity index is 505. The maximum Gasteiger partial charge on any atom is 0.451 e. The predicted octanol–water partition coefficient (Wildman–Crippen LogP) is 1.08. The van der Waals surface area contributed by atoms with E-state index in [1.165, 1.54) is 0 Å². The van der Waals surface area contributed by atoms with Crippen LogP contribution in [0.15, 0.2) is 4.99 Å². The summed E-state index contributed by atoms with van der Waals surface area (Å²) in [6.07, 6.45) is -4.48. The van der Waals surface area contributed by atoms with Crippen molar-refractivity contribution in [2.24, 2.45) is 16.6 Å². The first-order chi connectivity index (χ1) is 9.29. The van der Waals surface area contributed by atoms with Crippen LogP contribution in [0.4, 0.5) is 13.2 Å². The molecular weight excluding hydrogens is 273 g/mol. The molecule has 2 rings (SSSR count). The van der Waals surface area contributed by atoms with Crippen LogP contribution in [0.25, 0.3) is 0 Å². The summed E-state index contributed by atoms with van der Waals surface area (Å²) >= 11 is 0. The molecule has 1 aliphatic heterocycles. The van der Waals surface area contributed by atoms with Crippen LogP contribution in [0, 0.1) is 5.92 Å². The molecule has 0 saturated heterocycles. The Morgan fingerprint density at radius 2 is 2.05 bits per heavy atom. The smallest absolute Gasteiger partial charge is 0.370 e. The second kappa shape index (κ2) is 5.29. The molecule has 0 amide bonds. The van der Waals surface area contributed by atoms with Gasteiger partial charge in [-0.15, -0.1) is 10.2 Å². The topological polar surface area (TPSA) is 72.3 Å². The number of aliphatic imine (C=N–C) groups is 1. The zero-order valence-electron chi connectivity index (χ0n) is 11.4. The molecule has 0 aliphatic carbocycles. The highest BCUT2D eigenvalue weighted by atomic mass is 19.4. The quantitative estimate of drug-likeness (QED) is 0.653. The predicted molar refractivity (Wildman–Crippen MR) is 66.8 cm³/mol. The van der Waals surface area contributed by atoms with E-state index in [1.54, 1.807) is 4.90 Å². The van der Waals surface area contributed by atoms with Crippen LogP contribution in [0.3, 0.4) is 0 Å². The Balaban J connectivity index is 2.13. The van der Waals surface area contributed by atoms with Gasteiger partial charge in [0.15, 0.2) is 11.8 Å². The van der Waals surface area contributed by atoms with Gasteiger partial charge in [-0.3, -0.25) is 4.99 Å². The van der Waals surface area contributed by atoms with Crippen LogP contribution in [0.5, 0.6) is 0 Å². The summed E-state index contributed by atoms with van der Waals surface area (Å²) in [6, 6.07) is 0. The number of aromatic nitrogens is 3. The summed E-state index contributed by atoms with van der Waals surface area (Å²) in [7, 11) is 0. The monoisotopic (exact) mass is 290 g/mol. The van der Waals surface area contributed by atoms with Crippen LogP contribution < -0.4 is 5.73 Å². The number of rotatable bonds is 2. The van der Waals surface area contributed by atoms with Gasteiger partial charge < -0.3 is 15.2 Å². The van der Waals surface area contributed by atoms with E-state index < -0.39 is 12.0 Å². The lowest BCUT2D eigenvalue weighted by molar-refractivity contribution is -0.147. The number of guanidine groups is 1. The first kappa shape index (κ1) is 14.6. The molecule has 0 unspecified atom stereocenters. The van der Waals surface area contributed by atoms with Crippen LogP contribution in [-0.2, 0) is 19.3 Å². The van der Waals surface area contributed by atoms with Gasteiger partial charge in [-0.05, 0) is 5.92 Å². The van der Waals surface area contributed by atoms with E-state index in [-0.39, 0.29) is 18.9 Å². The van der Waals surface area contributed by atoms with Gasteiger partial charge in [-0.25, -0.2) is 0 Å². The van der Waals surface area contributed by atoms with Crippen LogP contribution >= 0.6 is 0 Å². The van der Waals surface area contributed by atoms with Crippen molar-refractivity contribution in [1.82, 2.24) is 19.7 Å². The molecule has 0 fully saturated rings. The van der Waals surface area contributed by atoms with E-state index in [0.717, 1.165) is 4.57 Å². The summed E-state index contributed by atoms with van der Waals surface area (Å²) < 4.78 is 39.2. The van der Waals surface area contributed by atoms with Gasteiger partial charge in [0.25, 0.3) is 0 Å². The average molecular weight is 290 g/mol. The number of hydrogen-bond donors (Lipinski definition) is 1. The Kier molecular flexibility index (Phi) is 3.87. The van der Waals surface area contributed by atoms with Crippen molar-refractivity contribution in [1.29, 1.82) is 0 Å². The second-order valence-electron chi connectivity index (χ2n) is 5.10. The molecule has 0 atom stereocenters. The molecule has 0 saturated carbocycles. The fourth-order valence-electron chi connectivity index (χ4n) is 1.94. The van der Waals surface area contributed by atoms with E-state index >= 15 is 0 Å². The molecule has 112 valence electrons. The number of nitrogens with zero attached hydrogens (tertiary/aromatic N) is 5. The Hall–Kier alpha value is -1.80. The molecule has 1 aliphatic rings. The molecule has 20 heavy (non-hydrogen) atoms. The summed E-state index contributed by atoms with van der Waals surface area (Å²) in [5, 5.41) is 6.81. The van der Waals surface area contributed by atoms with Crippen LogP contribution in [-0.4, -0.2) is 38.7 Å². The molecular formula is C11H17F3N6. The van der Waals surface area contributed by atoms with Crippen LogP contribution in [0.1, 0.15) is 25.5 Å². The third kappa shape index (κ3) is 3.02.